The van der Waals surface area contributed by atoms with Gasteiger partial charge in [-0.15, -0.1) is 0 Å². The number of hydrogen-bond donors (Lipinski definition) is 0. The first-order chi connectivity index (χ1) is 13.0. The second-order valence-corrected chi connectivity index (χ2v) is 9.39. The van der Waals surface area contributed by atoms with Gasteiger partial charge in [0, 0.05) is 11.9 Å². The van der Waals surface area contributed by atoms with Gasteiger partial charge >= 0.3 is 5.97 Å². The molecule has 0 unspecified atom stereocenters. The Balaban J connectivity index is 2.19. The molecule has 0 aliphatic carbocycles. The molecule has 5 nitrogen and oxygen atoms in total. The van der Waals surface area contributed by atoms with Crippen LogP contribution in [0.25, 0.3) is 0 Å². The summed E-state index contributed by atoms with van der Waals surface area (Å²) in [5.74, 6) is -1.67. The highest BCUT2D eigenvalue weighted by Crippen LogP contribution is 2.40. The third-order valence-corrected chi connectivity index (χ3v) is 5.99. The predicted octanol–water partition coefficient (Wildman–Crippen LogP) is 4.50. The quantitative estimate of drug-likeness (QED) is 0.706. The first kappa shape index (κ1) is 20.1. The number of halogens is 1. The van der Waals surface area contributed by atoms with Gasteiger partial charge in [0.25, 0.3) is 0 Å². The van der Waals surface area contributed by atoms with E-state index in [-0.39, 0.29) is 10.6 Å². The molecule has 0 atom stereocenters. The molecule has 2 aromatic rings. The van der Waals surface area contributed by atoms with Gasteiger partial charge in [-0.3, -0.25) is 0 Å². The lowest BCUT2D eigenvalue weighted by atomic mass is 10.1. The van der Waals surface area contributed by atoms with E-state index in [4.69, 9.17) is 4.74 Å². The second kappa shape index (κ2) is 7.05. The standard InChI is InChI=1S/C21H22FNO4S/c1-5-14-6-9-16(10-7-14)23-13-19(20(24)27-21(2,3)4)28(25,26)18-12-15(22)8-11-17(18)23/h6-13H,5H2,1-4H3. The van der Waals surface area contributed by atoms with Crippen molar-refractivity contribution in [2.75, 3.05) is 4.90 Å². The van der Waals surface area contributed by atoms with Crippen LogP contribution in [0.5, 0.6) is 0 Å². The molecule has 0 N–H and O–H groups in total. The van der Waals surface area contributed by atoms with Gasteiger partial charge in [-0.2, -0.15) is 0 Å². The number of fused-ring (bicyclic) bond motifs is 1. The van der Waals surface area contributed by atoms with Crippen LogP contribution in [0, 0.1) is 5.82 Å². The zero-order chi connectivity index (χ0) is 20.7. The minimum Gasteiger partial charge on any atom is -0.456 e. The van der Waals surface area contributed by atoms with Gasteiger partial charge < -0.3 is 9.64 Å². The molecule has 0 aromatic heterocycles. The number of rotatable bonds is 3. The third kappa shape index (κ3) is 3.80. The van der Waals surface area contributed by atoms with Crippen molar-refractivity contribution in [2.45, 2.75) is 44.6 Å². The molecule has 3 rings (SSSR count). The van der Waals surface area contributed by atoms with E-state index >= 15 is 0 Å². The number of anilines is 2. The lowest BCUT2D eigenvalue weighted by Crippen LogP contribution is -2.31. The summed E-state index contributed by atoms with van der Waals surface area (Å²) in [4.78, 5) is 13.4. The van der Waals surface area contributed by atoms with Gasteiger partial charge in [0.05, 0.1) is 10.6 Å². The average Bonchev–Trinajstić information content (AvgIpc) is 2.61. The number of carbonyl (C=O) groups is 1. The van der Waals surface area contributed by atoms with Gasteiger partial charge in [0.2, 0.25) is 9.84 Å². The van der Waals surface area contributed by atoms with Crippen LogP contribution < -0.4 is 4.90 Å². The summed E-state index contributed by atoms with van der Waals surface area (Å²) in [5, 5.41) is 0. The van der Waals surface area contributed by atoms with Crippen LogP contribution in [0.4, 0.5) is 15.8 Å². The van der Waals surface area contributed by atoms with Crippen molar-refractivity contribution in [3.8, 4) is 0 Å². The SMILES string of the molecule is CCc1ccc(N2C=C(C(=O)OC(C)(C)C)S(=O)(=O)c3cc(F)ccc32)cc1. The molecule has 1 heterocycles. The van der Waals surface area contributed by atoms with Crippen LogP contribution in [-0.4, -0.2) is 20.0 Å². The first-order valence-electron chi connectivity index (χ1n) is 8.91. The van der Waals surface area contributed by atoms with E-state index in [1.54, 1.807) is 25.7 Å². The molecule has 1 aliphatic rings. The fraction of sp³-hybridized carbons (Fsp3) is 0.286. The molecule has 0 saturated carbocycles. The Morgan fingerprint density at radius 1 is 1.11 bits per heavy atom. The molecule has 1 aliphatic heterocycles. The van der Waals surface area contributed by atoms with Gasteiger partial charge in [-0.1, -0.05) is 19.1 Å². The highest BCUT2D eigenvalue weighted by atomic mass is 32.2. The van der Waals surface area contributed by atoms with Crippen molar-refractivity contribution in [2.24, 2.45) is 0 Å². The molecule has 0 bridgehead atoms. The normalized spacial score (nSPS) is 15.6. The number of nitrogens with zero attached hydrogens (tertiary/aromatic N) is 1. The molecule has 7 heteroatoms. The van der Waals surface area contributed by atoms with E-state index in [1.165, 1.54) is 18.3 Å². The summed E-state index contributed by atoms with van der Waals surface area (Å²) in [6.07, 6.45) is 2.10. The molecule has 28 heavy (non-hydrogen) atoms. The Kier molecular flexibility index (Phi) is 5.06. The van der Waals surface area contributed by atoms with E-state index < -0.39 is 32.1 Å². The Morgan fingerprint density at radius 3 is 2.32 bits per heavy atom. The predicted molar refractivity (Wildman–Crippen MR) is 105 cm³/mol. The number of hydrogen-bond acceptors (Lipinski definition) is 5. The minimum atomic E-state index is -4.23. The van der Waals surface area contributed by atoms with Crippen molar-refractivity contribution in [3.05, 3.63) is 65.0 Å². The second-order valence-electron chi connectivity index (χ2n) is 7.50. The topological polar surface area (TPSA) is 63.7 Å². The Hall–Kier alpha value is -2.67. The van der Waals surface area contributed by atoms with Crippen molar-refractivity contribution in [1.82, 2.24) is 0 Å². The molecular weight excluding hydrogens is 381 g/mol. The number of ether oxygens (including phenoxy) is 1. The third-order valence-electron chi connectivity index (χ3n) is 4.23. The van der Waals surface area contributed by atoms with Crippen LogP contribution in [0.15, 0.2) is 58.5 Å². The number of benzene rings is 2. The van der Waals surface area contributed by atoms with Crippen molar-refractivity contribution in [3.63, 3.8) is 0 Å². The van der Waals surface area contributed by atoms with E-state index in [2.05, 4.69) is 0 Å². The van der Waals surface area contributed by atoms with E-state index in [0.29, 0.717) is 5.69 Å². The first-order valence-corrected chi connectivity index (χ1v) is 10.4. The molecular formula is C21H22FNO4S. The van der Waals surface area contributed by atoms with Crippen LogP contribution in [0.2, 0.25) is 0 Å². The van der Waals surface area contributed by atoms with Crippen LogP contribution in [0.3, 0.4) is 0 Å². The maximum absolute atomic E-state index is 13.8. The highest BCUT2D eigenvalue weighted by Gasteiger charge is 2.38. The van der Waals surface area contributed by atoms with Crippen molar-refractivity contribution < 1.29 is 22.3 Å². The maximum atomic E-state index is 13.8. The maximum Gasteiger partial charge on any atom is 0.352 e. The number of esters is 1. The Bertz CT molecular complexity index is 1050. The molecule has 2 aromatic carbocycles. The highest BCUT2D eigenvalue weighted by molar-refractivity contribution is 7.96. The summed E-state index contributed by atoms with van der Waals surface area (Å²) in [6.45, 7) is 6.97. The van der Waals surface area contributed by atoms with Crippen LogP contribution in [0.1, 0.15) is 33.3 Å². The van der Waals surface area contributed by atoms with E-state index in [1.807, 2.05) is 31.2 Å². The van der Waals surface area contributed by atoms with Crippen molar-refractivity contribution in [1.29, 1.82) is 0 Å². The largest absolute Gasteiger partial charge is 0.456 e. The zero-order valence-corrected chi connectivity index (χ0v) is 17.0. The molecule has 0 radical (unpaired) electrons. The Morgan fingerprint density at radius 2 is 1.75 bits per heavy atom. The van der Waals surface area contributed by atoms with Crippen molar-refractivity contribution >= 4 is 27.2 Å². The number of carbonyl (C=O) groups excluding carboxylic acids is 1. The molecule has 0 spiro atoms. The Labute approximate surface area is 164 Å². The lowest BCUT2D eigenvalue weighted by molar-refractivity contribution is -0.149. The summed E-state index contributed by atoms with van der Waals surface area (Å²) in [6, 6.07) is 11.0. The average molecular weight is 403 g/mol. The van der Waals surface area contributed by atoms with E-state index in [9.17, 15) is 17.6 Å². The summed E-state index contributed by atoms with van der Waals surface area (Å²) in [5.41, 5.74) is 1.17. The van der Waals surface area contributed by atoms with Crippen LogP contribution in [-0.2, 0) is 25.8 Å². The van der Waals surface area contributed by atoms with E-state index in [0.717, 1.165) is 18.1 Å². The fourth-order valence-corrected chi connectivity index (χ4v) is 4.33. The summed E-state index contributed by atoms with van der Waals surface area (Å²) in [7, 11) is -4.23. The summed E-state index contributed by atoms with van der Waals surface area (Å²) >= 11 is 0. The minimum absolute atomic E-state index is 0.268. The molecule has 0 fully saturated rings. The number of sulfone groups is 1. The molecule has 0 saturated heterocycles. The van der Waals surface area contributed by atoms with Gasteiger partial charge in [-0.25, -0.2) is 17.6 Å². The fourth-order valence-electron chi connectivity index (χ4n) is 2.87. The monoisotopic (exact) mass is 403 g/mol. The number of aryl methyl sites for hydroxylation is 1. The lowest BCUT2D eigenvalue weighted by Gasteiger charge is -2.29. The van der Waals surface area contributed by atoms with Crippen LogP contribution >= 0.6 is 0 Å². The van der Waals surface area contributed by atoms with Gasteiger partial charge in [0.15, 0.2) is 4.91 Å². The molecule has 0 amide bonds. The smallest absolute Gasteiger partial charge is 0.352 e. The van der Waals surface area contributed by atoms with Gasteiger partial charge in [0.1, 0.15) is 11.4 Å². The zero-order valence-electron chi connectivity index (χ0n) is 16.2. The molecule has 148 valence electrons. The van der Waals surface area contributed by atoms with Gasteiger partial charge in [-0.05, 0) is 63.1 Å². The summed E-state index contributed by atoms with van der Waals surface area (Å²) < 4.78 is 45.1.